The van der Waals surface area contributed by atoms with Gasteiger partial charge in [-0.3, -0.25) is 4.90 Å². The van der Waals surface area contributed by atoms with Crippen LogP contribution in [0.1, 0.15) is 71.1 Å². The summed E-state index contributed by atoms with van der Waals surface area (Å²) in [6, 6.07) is 0. The van der Waals surface area contributed by atoms with E-state index in [0.717, 1.165) is 11.5 Å². The van der Waals surface area contributed by atoms with Crippen LogP contribution in [0.2, 0.25) is 0 Å². The molecule has 0 rings (SSSR count). The number of nitrogens with zero attached hydrogens (tertiary/aromatic N) is 1. The molecule has 0 amide bonds. The zero-order valence-electron chi connectivity index (χ0n) is 15.8. The smallest absolute Gasteiger partial charge is 0.0757 e. The van der Waals surface area contributed by atoms with Crippen LogP contribution in [0.3, 0.4) is 0 Å². The topological polar surface area (TPSA) is 63.9 Å². The lowest BCUT2D eigenvalue weighted by Crippen LogP contribution is -2.37. The van der Waals surface area contributed by atoms with Gasteiger partial charge in [0.1, 0.15) is 0 Å². The molecule has 4 nitrogen and oxygen atoms in total. The van der Waals surface area contributed by atoms with Gasteiger partial charge >= 0.3 is 0 Å². The van der Waals surface area contributed by atoms with Gasteiger partial charge in [-0.05, 0) is 12.2 Å². The molecular formula is C19H41NO3S. The average molecular weight is 364 g/mol. The van der Waals surface area contributed by atoms with Crippen molar-refractivity contribution in [2.45, 2.75) is 77.2 Å². The standard InChI is InChI=1S/C19H41NO3S/c1-2-3-4-5-6-7-8-9-10-11-16-24-18-19(23)17-20(12-14-21)13-15-22/h19,21-23H,2-18H2,1H3. The van der Waals surface area contributed by atoms with Crippen LogP contribution in [0, 0.1) is 0 Å². The molecule has 0 heterocycles. The second-order valence-electron chi connectivity index (χ2n) is 6.66. The van der Waals surface area contributed by atoms with E-state index in [1.54, 1.807) is 0 Å². The Balaban J connectivity index is 3.33. The summed E-state index contributed by atoms with van der Waals surface area (Å²) in [5.41, 5.74) is 0. The molecule has 0 aliphatic heterocycles. The molecule has 0 bridgehead atoms. The Morgan fingerprint density at radius 3 is 1.79 bits per heavy atom. The van der Waals surface area contributed by atoms with Crippen molar-refractivity contribution in [1.29, 1.82) is 0 Å². The van der Waals surface area contributed by atoms with Crippen LogP contribution in [-0.4, -0.2) is 70.7 Å². The first-order chi connectivity index (χ1) is 11.7. The van der Waals surface area contributed by atoms with Gasteiger partial charge in [-0.25, -0.2) is 0 Å². The molecule has 0 saturated heterocycles. The van der Waals surface area contributed by atoms with Crippen molar-refractivity contribution in [2.75, 3.05) is 44.4 Å². The summed E-state index contributed by atoms with van der Waals surface area (Å²) < 4.78 is 0. The van der Waals surface area contributed by atoms with Gasteiger partial charge in [-0.2, -0.15) is 11.8 Å². The Kier molecular flexibility index (Phi) is 19.7. The number of aliphatic hydroxyl groups excluding tert-OH is 3. The maximum absolute atomic E-state index is 10.0. The molecule has 5 heteroatoms. The molecule has 0 fully saturated rings. The fourth-order valence-electron chi connectivity index (χ4n) is 2.84. The van der Waals surface area contributed by atoms with Gasteiger partial charge in [0, 0.05) is 25.4 Å². The predicted molar refractivity (Wildman–Crippen MR) is 106 cm³/mol. The third kappa shape index (κ3) is 17.0. The van der Waals surface area contributed by atoms with Gasteiger partial charge < -0.3 is 15.3 Å². The number of unbranched alkanes of at least 4 members (excludes halogenated alkanes) is 9. The summed E-state index contributed by atoms with van der Waals surface area (Å²) in [6.07, 6.45) is 13.2. The average Bonchev–Trinajstić information content (AvgIpc) is 2.56. The molecular weight excluding hydrogens is 322 g/mol. The van der Waals surface area contributed by atoms with E-state index in [-0.39, 0.29) is 19.3 Å². The van der Waals surface area contributed by atoms with Crippen molar-refractivity contribution in [3.05, 3.63) is 0 Å². The summed E-state index contributed by atoms with van der Waals surface area (Å²) in [5, 5.41) is 27.9. The van der Waals surface area contributed by atoms with E-state index in [2.05, 4.69) is 6.92 Å². The van der Waals surface area contributed by atoms with Gasteiger partial charge in [-0.1, -0.05) is 64.7 Å². The molecule has 24 heavy (non-hydrogen) atoms. The van der Waals surface area contributed by atoms with Crippen molar-refractivity contribution >= 4 is 11.8 Å². The van der Waals surface area contributed by atoms with Crippen molar-refractivity contribution in [3.63, 3.8) is 0 Å². The van der Waals surface area contributed by atoms with E-state index in [1.165, 1.54) is 64.2 Å². The number of thioether (sulfide) groups is 1. The van der Waals surface area contributed by atoms with Gasteiger partial charge in [0.15, 0.2) is 0 Å². The second kappa shape index (κ2) is 19.5. The molecule has 0 aromatic carbocycles. The van der Waals surface area contributed by atoms with E-state index >= 15 is 0 Å². The maximum Gasteiger partial charge on any atom is 0.0757 e. The molecule has 0 aliphatic carbocycles. The Bertz CT molecular complexity index is 239. The van der Waals surface area contributed by atoms with Gasteiger partial charge in [-0.15, -0.1) is 0 Å². The molecule has 0 saturated carbocycles. The number of rotatable bonds is 19. The van der Waals surface area contributed by atoms with Crippen LogP contribution < -0.4 is 0 Å². The molecule has 0 aromatic rings. The van der Waals surface area contributed by atoms with E-state index in [1.807, 2.05) is 16.7 Å². The second-order valence-corrected chi connectivity index (χ2v) is 7.81. The van der Waals surface area contributed by atoms with Crippen molar-refractivity contribution in [2.24, 2.45) is 0 Å². The molecule has 3 N–H and O–H groups in total. The molecule has 0 radical (unpaired) electrons. The lowest BCUT2D eigenvalue weighted by Gasteiger charge is -2.23. The summed E-state index contributed by atoms with van der Waals surface area (Å²) >= 11 is 1.82. The van der Waals surface area contributed by atoms with Crippen LogP contribution in [0.15, 0.2) is 0 Å². The fraction of sp³-hybridized carbons (Fsp3) is 1.00. The number of hydrogen-bond acceptors (Lipinski definition) is 5. The first kappa shape index (κ1) is 24.2. The van der Waals surface area contributed by atoms with E-state index in [0.29, 0.717) is 19.6 Å². The normalized spacial score (nSPS) is 12.9. The summed E-state index contributed by atoms with van der Waals surface area (Å²) in [7, 11) is 0. The zero-order valence-corrected chi connectivity index (χ0v) is 16.6. The van der Waals surface area contributed by atoms with Crippen molar-refractivity contribution in [3.8, 4) is 0 Å². The first-order valence-corrected chi connectivity index (χ1v) is 11.1. The molecule has 0 spiro atoms. The lowest BCUT2D eigenvalue weighted by molar-refractivity contribution is 0.0995. The van der Waals surface area contributed by atoms with Gasteiger partial charge in [0.2, 0.25) is 0 Å². The minimum Gasteiger partial charge on any atom is -0.395 e. The maximum atomic E-state index is 10.0. The fourth-order valence-corrected chi connectivity index (χ4v) is 3.79. The highest BCUT2D eigenvalue weighted by Crippen LogP contribution is 2.13. The summed E-state index contributed by atoms with van der Waals surface area (Å²) in [6.45, 7) is 3.96. The quantitative estimate of drug-likeness (QED) is 0.307. The Morgan fingerprint density at radius 1 is 0.792 bits per heavy atom. The molecule has 0 aromatic heterocycles. The minimum absolute atomic E-state index is 0.0679. The van der Waals surface area contributed by atoms with Crippen LogP contribution in [-0.2, 0) is 0 Å². The predicted octanol–water partition coefficient (Wildman–Crippen LogP) is 3.29. The zero-order chi connectivity index (χ0) is 17.9. The third-order valence-electron chi connectivity index (χ3n) is 4.25. The van der Waals surface area contributed by atoms with Crippen LogP contribution in [0.4, 0.5) is 0 Å². The van der Waals surface area contributed by atoms with Crippen molar-refractivity contribution < 1.29 is 15.3 Å². The van der Waals surface area contributed by atoms with Gasteiger partial charge in [0.05, 0.1) is 19.3 Å². The molecule has 1 unspecified atom stereocenters. The van der Waals surface area contributed by atoms with Crippen molar-refractivity contribution in [1.82, 2.24) is 4.90 Å². The largest absolute Gasteiger partial charge is 0.395 e. The monoisotopic (exact) mass is 363 g/mol. The van der Waals surface area contributed by atoms with E-state index in [9.17, 15) is 5.11 Å². The summed E-state index contributed by atoms with van der Waals surface area (Å²) in [4.78, 5) is 1.91. The van der Waals surface area contributed by atoms with E-state index in [4.69, 9.17) is 10.2 Å². The van der Waals surface area contributed by atoms with Crippen LogP contribution in [0.25, 0.3) is 0 Å². The Morgan fingerprint density at radius 2 is 1.29 bits per heavy atom. The van der Waals surface area contributed by atoms with Gasteiger partial charge in [0.25, 0.3) is 0 Å². The molecule has 146 valence electrons. The highest BCUT2D eigenvalue weighted by Gasteiger charge is 2.10. The minimum atomic E-state index is -0.378. The highest BCUT2D eigenvalue weighted by molar-refractivity contribution is 7.99. The van der Waals surface area contributed by atoms with Crippen LogP contribution in [0.5, 0.6) is 0 Å². The third-order valence-corrected chi connectivity index (χ3v) is 5.45. The highest BCUT2D eigenvalue weighted by atomic mass is 32.2. The summed E-state index contributed by atoms with van der Waals surface area (Å²) in [5.74, 6) is 1.86. The lowest BCUT2D eigenvalue weighted by atomic mass is 10.1. The van der Waals surface area contributed by atoms with Crippen LogP contribution >= 0.6 is 11.8 Å². The number of aliphatic hydroxyl groups is 3. The SMILES string of the molecule is CCCCCCCCCCCCSCC(O)CN(CCO)CCO. The number of hydrogen-bond donors (Lipinski definition) is 3. The first-order valence-electron chi connectivity index (χ1n) is 9.94. The Labute approximate surface area is 154 Å². The molecule has 1 atom stereocenters. The molecule has 0 aliphatic rings. The Hall–Kier alpha value is 0.190. The van der Waals surface area contributed by atoms with E-state index < -0.39 is 0 Å².